The molecule has 3 aromatic rings. The Bertz CT molecular complexity index is 1060. The number of hydrogen-bond acceptors (Lipinski definition) is 6. The highest BCUT2D eigenvalue weighted by molar-refractivity contribution is 5.96. The topological polar surface area (TPSA) is 77.7 Å². The van der Waals surface area contributed by atoms with Gasteiger partial charge >= 0.3 is 0 Å². The van der Waals surface area contributed by atoms with Gasteiger partial charge in [0.05, 0.1) is 5.92 Å². The summed E-state index contributed by atoms with van der Waals surface area (Å²) >= 11 is 0. The molecule has 7 nitrogen and oxygen atoms in total. The van der Waals surface area contributed by atoms with Gasteiger partial charge in [-0.3, -0.25) is 4.79 Å². The summed E-state index contributed by atoms with van der Waals surface area (Å²) in [6, 6.07) is 13.7. The fourth-order valence-electron chi connectivity index (χ4n) is 3.72. The van der Waals surface area contributed by atoms with Gasteiger partial charge in [-0.25, -0.2) is 0 Å². The van der Waals surface area contributed by atoms with Crippen LogP contribution in [-0.4, -0.2) is 29.4 Å². The van der Waals surface area contributed by atoms with Crippen molar-refractivity contribution in [2.24, 2.45) is 0 Å². The minimum absolute atomic E-state index is 0.0649. The van der Waals surface area contributed by atoms with Crippen LogP contribution in [0, 0.1) is 0 Å². The summed E-state index contributed by atoms with van der Waals surface area (Å²) in [6.45, 7) is 5.05. The predicted molar refractivity (Wildman–Crippen MR) is 106 cm³/mol. The zero-order valence-electron chi connectivity index (χ0n) is 16.3. The maximum absolute atomic E-state index is 12.6. The van der Waals surface area contributed by atoms with Crippen molar-refractivity contribution >= 4 is 11.6 Å². The van der Waals surface area contributed by atoms with E-state index in [1.54, 1.807) is 4.90 Å². The number of amides is 1. The third kappa shape index (κ3) is 3.22. The first-order chi connectivity index (χ1) is 14.1. The molecule has 1 aromatic heterocycles. The molecule has 0 unspecified atom stereocenters. The maximum atomic E-state index is 12.6. The van der Waals surface area contributed by atoms with Crippen molar-refractivity contribution in [2.45, 2.75) is 32.1 Å². The summed E-state index contributed by atoms with van der Waals surface area (Å²) in [4.78, 5) is 18.9. The molecule has 1 amide bonds. The molecule has 29 heavy (non-hydrogen) atoms. The predicted octanol–water partition coefficient (Wildman–Crippen LogP) is 4.11. The summed E-state index contributed by atoms with van der Waals surface area (Å²) in [5.74, 6) is 2.73. The average Bonchev–Trinajstić information content (AvgIpc) is 3.46. The molecule has 0 spiro atoms. The molecule has 0 aliphatic carbocycles. The minimum atomic E-state index is -0.123. The lowest BCUT2D eigenvalue weighted by atomic mass is 10.0. The molecule has 1 saturated heterocycles. The van der Waals surface area contributed by atoms with Crippen LogP contribution in [0.3, 0.4) is 0 Å². The third-order valence-corrected chi connectivity index (χ3v) is 5.42. The highest BCUT2D eigenvalue weighted by Crippen LogP contribution is 2.36. The summed E-state index contributed by atoms with van der Waals surface area (Å²) in [5.41, 5.74) is 2.94. The Kier molecular flexibility index (Phi) is 4.23. The largest absolute Gasteiger partial charge is 0.454 e. The first kappa shape index (κ1) is 17.7. The van der Waals surface area contributed by atoms with Crippen molar-refractivity contribution in [1.82, 2.24) is 10.1 Å². The Labute approximate surface area is 168 Å². The van der Waals surface area contributed by atoms with Gasteiger partial charge < -0.3 is 18.9 Å². The quantitative estimate of drug-likeness (QED) is 0.666. The molecule has 7 heteroatoms. The van der Waals surface area contributed by atoms with Crippen molar-refractivity contribution in [3.05, 3.63) is 53.9 Å². The smallest absolute Gasteiger partial charge is 0.232 e. The SMILES string of the molecule is CC(C)c1ccc(N2C[C@H](c3nc(-c4ccc5c(c4)OCO5)no3)CC2=O)cc1. The van der Waals surface area contributed by atoms with Crippen molar-refractivity contribution in [3.63, 3.8) is 0 Å². The van der Waals surface area contributed by atoms with E-state index >= 15 is 0 Å². The van der Waals surface area contributed by atoms with Crippen LogP contribution in [0.5, 0.6) is 11.5 Å². The Hall–Kier alpha value is -3.35. The van der Waals surface area contributed by atoms with Crippen LogP contribution in [0.15, 0.2) is 47.0 Å². The minimum Gasteiger partial charge on any atom is -0.454 e. The Morgan fingerprint density at radius 2 is 1.86 bits per heavy atom. The summed E-state index contributed by atoms with van der Waals surface area (Å²) < 4.78 is 16.2. The zero-order valence-corrected chi connectivity index (χ0v) is 16.3. The van der Waals surface area contributed by atoms with Gasteiger partial charge in [-0.15, -0.1) is 0 Å². The molecule has 0 radical (unpaired) electrons. The number of anilines is 1. The van der Waals surface area contributed by atoms with E-state index in [1.807, 2.05) is 30.3 Å². The van der Waals surface area contributed by atoms with Crippen LogP contribution in [0.1, 0.15) is 43.6 Å². The highest BCUT2D eigenvalue weighted by Gasteiger charge is 2.35. The molecule has 0 N–H and O–H groups in total. The lowest BCUT2D eigenvalue weighted by Gasteiger charge is -2.17. The van der Waals surface area contributed by atoms with Crippen LogP contribution in [0.4, 0.5) is 5.69 Å². The first-order valence-corrected chi connectivity index (χ1v) is 9.72. The molecular formula is C22H21N3O4. The van der Waals surface area contributed by atoms with Gasteiger partial charge in [-0.05, 0) is 41.8 Å². The van der Waals surface area contributed by atoms with Crippen LogP contribution < -0.4 is 14.4 Å². The average molecular weight is 391 g/mol. The monoisotopic (exact) mass is 391 g/mol. The zero-order chi connectivity index (χ0) is 20.0. The first-order valence-electron chi connectivity index (χ1n) is 9.72. The number of rotatable bonds is 4. The standard InChI is InChI=1S/C22H21N3O4/c1-13(2)14-3-6-17(7-4-14)25-11-16(10-20(25)26)22-23-21(24-29-22)15-5-8-18-19(9-15)28-12-27-18/h3-9,13,16H,10-12H2,1-2H3/t16-/m1/s1. The molecule has 3 heterocycles. The van der Waals surface area contributed by atoms with Gasteiger partial charge in [0.2, 0.25) is 24.4 Å². The normalized spacial score (nSPS) is 18.1. The Balaban J connectivity index is 1.34. The molecule has 0 saturated carbocycles. The number of carbonyl (C=O) groups is 1. The lowest BCUT2D eigenvalue weighted by Crippen LogP contribution is -2.24. The number of carbonyl (C=O) groups excluding carboxylic acids is 1. The van der Waals surface area contributed by atoms with Crippen molar-refractivity contribution < 1.29 is 18.8 Å². The fourth-order valence-corrected chi connectivity index (χ4v) is 3.72. The second kappa shape index (κ2) is 6.92. The van der Waals surface area contributed by atoms with E-state index in [9.17, 15) is 4.79 Å². The van der Waals surface area contributed by atoms with Gasteiger partial charge in [0.25, 0.3) is 0 Å². The van der Waals surface area contributed by atoms with E-state index in [1.165, 1.54) is 5.56 Å². The van der Waals surface area contributed by atoms with Gasteiger partial charge in [0.1, 0.15) is 0 Å². The van der Waals surface area contributed by atoms with Gasteiger partial charge in [0, 0.05) is 24.2 Å². The number of hydrogen-bond donors (Lipinski definition) is 0. The number of nitrogens with zero attached hydrogens (tertiary/aromatic N) is 3. The van der Waals surface area contributed by atoms with Crippen LogP contribution >= 0.6 is 0 Å². The molecule has 2 aliphatic rings. The molecule has 1 fully saturated rings. The summed E-state index contributed by atoms with van der Waals surface area (Å²) in [5, 5.41) is 4.10. The van der Waals surface area contributed by atoms with Crippen LogP contribution in [0.2, 0.25) is 0 Å². The molecule has 2 aromatic carbocycles. The molecule has 1 atom stereocenters. The highest BCUT2D eigenvalue weighted by atomic mass is 16.7. The van der Waals surface area contributed by atoms with Gasteiger partial charge in [0.15, 0.2) is 11.5 Å². The van der Waals surface area contributed by atoms with Crippen LogP contribution in [0.25, 0.3) is 11.4 Å². The van der Waals surface area contributed by atoms with Crippen molar-refractivity contribution in [2.75, 3.05) is 18.2 Å². The number of aromatic nitrogens is 2. The lowest BCUT2D eigenvalue weighted by molar-refractivity contribution is -0.117. The number of ether oxygens (including phenoxy) is 2. The number of benzene rings is 2. The molecule has 0 bridgehead atoms. The molecule has 5 rings (SSSR count). The van der Waals surface area contributed by atoms with E-state index in [4.69, 9.17) is 14.0 Å². The van der Waals surface area contributed by atoms with Crippen molar-refractivity contribution in [1.29, 1.82) is 0 Å². The number of fused-ring (bicyclic) bond motifs is 1. The van der Waals surface area contributed by atoms with E-state index in [0.717, 1.165) is 11.3 Å². The second-order valence-corrected chi connectivity index (χ2v) is 7.68. The van der Waals surface area contributed by atoms with Gasteiger partial charge in [-0.2, -0.15) is 4.98 Å². The van der Waals surface area contributed by atoms with E-state index in [-0.39, 0.29) is 18.6 Å². The van der Waals surface area contributed by atoms with Crippen molar-refractivity contribution in [3.8, 4) is 22.9 Å². The van der Waals surface area contributed by atoms with E-state index in [2.05, 4.69) is 36.1 Å². The third-order valence-electron chi connectivity index (χ3n) is 5.42. The molecule has 148 valence electrons. The van der Waals surface area contributed by atoms with E-state index in [0.29, 0.717) is 42.1 Å². The van der Waals surface area contributed by atoms with Crippen LogP contribution in [-0.2, 0) is 4.79 Å². The Morgan fingerprint density at radius 1 is 1.07 bits per heavy atom. The van der Waals surface area contributed by atoms with Gasteiger partial charge in [-0.1, -0.05) is 31.1 Å². The summed E-state index contributed by atoms with van der Waals surface area (Å²) in [7, 11) is 0. The molecule has 2 aliphatic heterocycles. The van der Waals surface area contributed by atoms with E-state index < -0.39 is 0 Å². The maximum Gasteiger partial charge on any atom is 0.232 e. The fraction of sp³-hybridized carbons (Fsp3) is 0.318. The summed E-state index contributed by atoms with van der Waals surface area (Å²) in [6.07, 6.45) is 0.356. The molecular weight excluding hydrogens is 370 g/mol. The Morgan fingerprint density at radius 3 is 2.66 bits per heavy atom. The second-order valence-electron chi connectivity index (χ2n) is 7.68.